The minimum absolute atomic E-state index is 0.000494. The molecule has 0 N–H and O–H groups in total. The molecule has 0 aromatic heterocycles. The third-order valence-electron chi connectivity index (χ3n) is 1.35. The Hall–Kier alpha value is -0.610. The summed E-state index contributed by atoms with van der Waals surface area (Å²) in [5.41, 5.74) is 0. The summed E-state index contributed by atoms with van der Waals surface area (Å²) in [6, 6.07) is 0. The van der Waals surface area contributed by atoms with Gasteiger partial charge in [0.05, 0.1) is 6.10 Å². The number of hydrogen-bond acceptors (Lipinski definition) is 4. The highest BCUT2D eigenvalue weighted by molar-refractivity contribution is 5.70. The summed E-state index contributed by atoms with van der Waals surface area (Å²) in [5.74, 6) is -0.352. The largest absolute Gasteiger partial charge is 0.461 e. The number of carbonyl (C=O) groups is 1. The number of methoxy groups -OCH3 is 1. The first-order valence-electron chi connectivity index (χ1n) is 4.46. The third-order valence-corrected chi connectivity index (χ3v) is 1.35. The normalized spacial score (nSPS) is 12.5. The van der Waals surface area contributed by atoms with E-state index in [9.17, 15) is 4.79 Å². The van der Waals surface area contributed by atoms with Crippen molar-refractivity contribution < 1.29 is 19.0 Å². The van der Waals surface area contributed by atoms with Crippen molar-refractivity contribution in [3.63, 3.8) is 0 Å². The molecular formula is C9H18O4. The molecule has 0 heterocycles. The lowest BCUT2D eigenvalue weighted by Gasteiger charge is -2.12. The zero-order chi connectivity index (χ0) is 10.1. The summed E-state index contributed by atoms with van der Waals surface area (Å²) in [4.78, 5) is 10.8. The average molecular weight is 190 g/mol. The third kappa shape index (κ3) is 7.74. The molecule has 4 nitrogen and oxygen atoms in total. The lowest BCUT2D eigenvalue weighted by Crippen LogP contribution is -2.21. The van der Waals surface area contributed by atoms with Gasteiger partial charge in [-0.05, 0) is 13.3 Å². The Morgan fingerprint density at radius 1 is 1.46 bits per heavy atom. The lowest BCUT2D eigenvalue weighted by molar-refractivity contribution is -0.151. The minimum atomic E-state index is -0.352. The highest BCUT2D eigenvalue weighted by Gasteiger charge is 2.06. The average Bonchev–Trinajstić information content (AvgIpc) is 2.12. The van der Waals surface area contributed by atoms with Crippen LogP contribution in [0.4, 0.5) is 0 Å². The van der Waals surface area contributed by atoms with Crippen LogP contribution in [0, 0.1) is 0 Å². The molecule has 1 unspecified atom stereocenters. The molecule has 0 saturated carbocycles. The van der Waals surface area contributed by atoms with E-state index >= 15 is 0 Å². The van der Waals surface area contributed by atoms with Crippen LogP contribution in [0.2, 0.25) is 0 Å². The van der Waals surface area contributed by atoms with Gasteiger partial charge < -0.3 is 14.2 Å². The number of carbonyl (C=O) groups excluding carboxylic acids is 1. The molecule has 0 radical (unpaired) electrons. The molecule has 78 valence electrons. The van der Waals surface area contributed by atoms with Crippen LogP contribution in [-0.4, -0.2) is 39.0 Å². The van der Waals surface area contributed by atoms with Crippen molar-refractivity contribution in [2.45, 2.75) is 26.4 Å². The summed E-state index contributed by atoms with van der Waals surface area (Å²) in [7, 11) is 1.46. The van der Waals surface area contributed by atoms with Crippen molar-refractivity contribution in [2.75, 3.05) is 26.9 Å². The fraction of sp³-hybridized carbons (Fsp3) is 0.889. The van der Waals surface area contributed by atoms with Crippen molar-refractivity contribution >= 4 is 5.97 Å². The molecule has 4 heteroatoms. The molecule has 0 amide bonds. The summed E-state index contributed by atoms with van der Waals surface area (Å²) >= 11 is 0. The van der Waals surface area contributed by atoms with Crippen LogP contribution in [0.25, 0.3) is 0 Å². The number of ether oxygens (including phenoxy) is 3. The van der Waals surface area contributed by atoms with Crippen molar-refractivity contribution in [3.8, 4) is 0 Å². The van der Waals surface area contributed by atoms with Gasteiger partial charge in [0, 0.05) is 13.7 Å². The predicted molar refractivity (Wildman–Crippen MR) is 48.5 cm³/mol. The highest BCUT2D eigenvalue weighted by atomic mass is 16.6. The van der Waals surface area contributed by atoms with Crippen LogP contribution >= 0.6 is 0 Å². The van der Waals surface area contributed by atoms with E-state index in [1.54, 1.807) is 0 Å². The molecule has 0 spiro atoms. The van der Waals surface area contributed by atoms with Crippen LogP contribution < -0.4 is 0 Å². The summed E-state index contributed by atoms with van der Waals surface area (Å²) in [5, 5.41) is 0. The molecule has 0 aliphatic rings. The Morgan fingerprint density at radius 3 is 2.69 bits per heavy atom. The fourth-order valence-corrected chi connectivity index (χ4v) is 0.737. The molecular weight excluding hydrogens is 172 g/mol. The van der Waals surface area contributed by atoms with Gasteiger partial charge in [0.25, 0.3) is 0 Å². The molecule has 1 atom stereocenters. The van der Waals surface area contributed by atoms with Crippen molar-refractivity contribution in [2.24, 2.45) is 0 Å². The van der Waals surface area contributed by atoms with Gasteiger partial charge in [0.15, 0.2) is 0 Å². The second-order valence-corrected chi connectivity index (χ2v) is 2.80. The Morgan fingerprint density at radius 2 is 2.15 bits per heavy atom. The lowest BCUT2D eigenvalue weighted by atomic mass is 10.4. The SMILES string of the molecule is CCCOC(C)COC(=O)COC. The molecule has 0 fully saturated rings. The van der Waals surface area contributed by atoms with E-state index in [2.05, 4.69) is 4.74 Å². The molecule has 0 rings (SSSR count). The number of esters is 1. The quantitative estimate of drug-likeness (QED) is 0.562. The summed E-state index contributed by atoms with van der Waals surface area (Å²) in [6.07, 6.45) is 0.928. The van der Waals surface area contributed by atoms with E-state index in [0.29, 0.717) is 13.2 Å². The van der Waals surface area contributed by atoms with Gasteiger partial charge >= 0.3 is 5.97 Å². The van der Waals surface area contributed by atoms with E-state index in [-0.39, 0.29) is 18.7 Å². The van der Waals surface area contributed by atoms with Crippen LogP contribution in [0.15, 0.2) is 0 Å². The van der Waals surface area contributed by atoms with Crippen molar-refractivity contribution in [1.82, 2.24) is 0 Å². The van der Waals surface area contributed by atoms with Gasteiger partial charge in [-0.3, -0.25) is 0 Å². The molecule has 0 aliphatic heterocycles. The zero-order valence-electron chi connectivity index (χ0n) is 8.54. The predicted octanol–water partition coefficient (Wildman–Crippen LogP) is 0.991. The number of hydrogen-bond donors (Lipinski definition) is 0. The van der Waals surface area contributed by atoms with Gasteiger partial charge in [-0.2, -0.15) is 0 Å². The van der Waals surface area contributed by atoms with E-state index in [1.807, 2.05) is 13.8 Å². The van der Waals surface area contributed by atoms with E-state index in [4.69, 9.17) is 9.47 Å². The Balaban J connectivity index is 3.34. The second-order valence-electron chi connectivity index (χ2n) is 2.80. The molecule has 0 aromatic rings. The molecule has 13 heavy (non-hydrogen) atoms. The monoisotopic (exact) mass is 190 g/mol. The summed E-state index contributed by atoms with van der Waals surface area (Å²) < 4.78 is 14.8. The maximum Gasteiger partial charge on any atom is 0.332 e. The second kappa shape index (κ2) is 8.01. The Bertz CT molecular complexity index is 136. The van der Waals surface area contributed by atoms with Crippen LogP contribution in [0.3, 0.4) is 0 Å². The maximum atomic E-state index is 10.8. The molecule has 0 saturated heterocycles. The fourth-order valence-electron chi connectivity index (χ4n) is 0.737. The first kappa shape index (κ1) is 12.4. The Kier molecular flexibility index (Phi) is 7.63. The topological polar surface area (TPSA) is 44.8 Å². The highest BCUT2D eigenvalue weighted by Crippen LogP contribution is 1.93. The molecule has 0 aromatic carbocycles. The van der Waals surface area contributed by atoms with Crippen LogP contribution in [0.1, 0.15) is 20.3 Å². The van der Waals surface area contributed by atoms with Gasteiger partial charge in [0.2, 0.25) is 0 Å². The van der Waals surface area contributed by atoms with Crippen molar-refractivity contribution in [1.29, 1.82) is 0 Å². The molecule has 0 bridgehead atoms. The smallest absolute Gasteiger partial charge is 0.332 e. The minimum Gasteiger partial charge on any atom is -0.461 e. The van der Waals surface area contributed by atoms with Gasteiger partial charge in [-0.15, -0.1) is 0 Å². The first-order chi connectivity index (χ1) is 6.20. The van der Waals surface area contributed by atoms with Gasteiger partial charge in [0.1, 0.15) is 13.2 Å². The Labute approximate surface area is 79.2 Å². The van der Waals surface area contributed by atoms with Gasteiger partial charge in [-0.25, -0.2) is 4.79 Å². The van der Waals surface area contributed by atoms with E-state index in [1.165, 1.54) is 7.11 Å². The van der Waals surface area contributed by atoms with E-state index < -0.39 is 0 Å². The van der Waals surface area contributed by atoms with E-state index in [0.717, 1.165) is 6.42 Å². The molecule has 0 aliphatic carbocycles. The van der Waals surface area contributed by atoms with Crippen LogP contribution in [-0.2, 0) is 19.0 Å². The van der Waals surface area contributed by atoms with Crippen molar-refractivity contribution in [3.05, 3.63) is 0 Å². The number of rotatable bonds is 7. The first-order valence-corrected chi connectivity index (χ1v) is 4.46. The zero-order valence-corrected chi connectivity index (χ0v) is 8.54. The summed E-state index contributed by atoms with van der Waals surface area (Å²) in [6.45, 7) is 4.89. The van der Waals surface area contributed by atoms with Gasteiger partial charge in [-0.1, -0.05) is 6.92 Å². The standard InChI is InChI=1S/C9H18O4/c1-4-5-12-8(2)6-13-9(10)7-11-3/h8H,4-7H2,1-3H3. The van der Waals surface area contributed by atoms with Crippen LogP contribution in [0.5, 0.6) is 0 Å². The maximum absolute atomic E-state index is 10.8.